The normalized spacial score (nSPS) is 14.4. The highest BCUT2D eigenvalue weighted by molar-refractivity contribution is 5.29. The Morgan fingerprint density at radius 3 is 2.32 bits per heavy atom. The summed E-state index contributed by atoms with van der Waals surface area (Å²) >= 11 is 0. The first-order chi connectivity index (χ1) is 9.02. The molecule has 2 atom stereocenters. The molecule has 0 fully saturated rings. The fourth-order valence-corrected chi connectivity index (χ4v) is 1.79. The summed E-state index contributed by atoms with van der Waals surface area (Å²) in [7, 11) is 1.58. The minimum absolute atomic E-state index is 0.180. The van der Waals surface area contributed by atoms with Crippen molar-refractivity contribution < 1.29 is 14.6 Å². The number of rotatable bonds is 8. The predicted octanol–water partition coefficient (Wildman–Crippen LogP) is 2.13. The molecule has 0 aliphatic heterocycles. The number of hydrogen-bond acceptors (Lipinski definition) is 4. The maximum Gasteiger partial charge on any atom is 0.119 e. The van der Waals surface area contributed by atoms with E-state index in [1.165, 1.54) is 5.56 Å². The second-order valence-corrected chi connectivity index (χ2v) is 4.97. The van der Waals surface area contributed by atoms with E-state index in [1.807, 2.05) is 38.1 Å². The molecule has 0 bridgehead atoms. The van der Waals surface area contributed by atoms with Crippen molar-refractivity contribution >= 4 is 0 Å². The molecule has 0 spiro atoms. The number of nitrogens with one attached hydrogen (secondary N) is 1. The van der Waals surface area contributed by atoms with Crippen LogP contribution < -0.4 is 10.1 Å². The van der Waals surface area contributed by atoms with Crippen molar-refractivity contribution in [3.05, 3.63) is 29.8 Å². The Morgan fingerprint density at radius 1 is 1.16 bits per heavy atom. The number of hydrogen-bond donors (Lipinski definition) is 2. The van der Waals surface area contributed by atoms with Crippen LogP contribution in [-0.4, -0.2) is 37.6 Å². The number of methoxy groups -OCH3 is 1. The van der Waals surface area contributed by atoms with E-state index in [0.717, 1.165) is 5.75 Å². The van der Waals surface area contributed by atoms with Crippen molar-refractivity contribution in [3.63, 3.8) is 0 Å². The molecule has 0 saturated carbocycles. The maximum absolute atomic E-state index is 9.58. The summed E-state index contributed by atoms with van der Waals surface area (Å²) in [6.07, 6.45) is -0.290. The summed E-state index contributed by atoms with van der Waals surface area (Å²) in [5.41, 5.74) is 1.17. The van der Waals surface area contributed by atoms with Crippen molar-refractivity contribution in [2.24, 2.45) is 0 Å². The van der Waals surface area contributed by atoms with Gasteiger partial charge in [-0.1, -0.05) is 12.1 Å². The highest BCUT2D eigenvalue weighted by atomic mass is 16.5. The first kappa shape index (κ1) is 16.0. The van der Waals surface area contributed by atoms with Gasteiger partial charge in [-0.15, -0.1) is 0 Å². The molecule has 19 heavy (non-hydrogen) atoms. The highest BCUT2D eigenvalue weighted by Gasteiger charge is 2.08. The molecule has 0 amide bonds. The summed E-state index contributed by atoms with van der Waals surface area (Å²) < 4.78 is 10.5. The molecule has 0 aromatic heterocycles. The predicted molar refractivity (Wildman–Crippen MR) is 76.5 cm³/mol. The number of aliphatic hydroxyl groups is 1. The van der Waals surface area contributed by atoms with Gasteiger partial charge in [-0.25, -0.2) is 0 Å². The molecular formula is C15H25NO3. The van der Waals surface area contributed by atoms with Gasteiger partial charge in [0.2, 0.25) is 0 Å². The monoisotopic (exact) mass is 267 g/mol. The quantitative estimate of drug-likeness (QED) is 0.757. The van der Waals surface area contributed by atoms with Crippen LogP contribution in [0.5, 0.6) is 5.75 Å². The van der Waals surface area contributed by atoms with E-state index in [4.69, 9.17) is 9.47 Å². The standard InChI is InChI=1S/C15H25NO3/c1-11(2)19-15-7-5-13(6-8-15)12(3)16-9-14(17)10-18-4/h5-8,11-12,14,16-17H,9-10H2,1-4H3. The zero-order valence-electron chi connectivity index (χ0n) is 12.2. The van der Waals surface area contributed by atoms with Crippen LogP contribution in [-0.2, 0) is 4.74 Å². The lowest BCUT2D eigenvalue weighted by Gasteiger charge is -2.18. The van der Waals surface area contributed by atoms with Crippen LogP contribution in [0, 0.1) is 0 Å². The first-order valence-corrected chi connectivity index (χ1v) is 6.70. The molecule has 1 aromatic rings. The van der Waals surface area contributed by atoms with Crippen molar-refractivity contribution in [2.45, 2.75) is 39.0 Å². The maximum atomic E-state index is 9.58. The Kier molecular flexibility index (Phi) is 6.84. The van der Waals surface area contributed by atoms with E-state index in [9.17, 15) is 5.11 Å². The Balaban J connectivity index is 2.46. The molecular weight excluding hydrogens is 242 g/mol. The van der Waals surface area contributed by atoms with E-state index < -0.39 is 6.10 Å². The van der Waals surface area contributed by atoms with Crippen LogP contribution in [0.3, 0.4) is 0 Å². The zero-order valence-corrected chi connectivity index (χ0v) is 12.2. The minimum Gasteiger partial charge on any atom is -0.491 e. The lowest BCUT2D eigenvalue weighted by Crippen LogP contribution is -2.31. The number of benzene rings is 1. The second-order valence-electron chi connectivity index (χ2n) is 4.97. The van der Waals surface area contributed by atoms with Crippen molar-refractivity contribution in [1.82, 2.24) is 5.32 Å². The summed E-state index contributed by atoms with van der Waals surface area (Å²) in [5, 5.41) is 12.9. The minimum atomic E-state index is -0.476. The Hall–Kier alpha value is -1.10. The van der Waals surface area contributed by atoms with Crippen LogP contribution in [0.15, 0.2) is 24.3 Å². The number of aliphatic hydroxyl groups excluding tert-OH is 1. The van der Waals surface area contributed by atoms with Crippen LogP contribution in [0.4, 0.5) is 0 Å². The zero-order chi connectivity index (χ0) is 14.3. The lowest BCUT2D eigenvalue weighted by atomic mass is 10.1. The van der Waals surface area contributed by atoms with Crippen molar-refractivity contribution in [2.75, 3.05) is 20.3 Å². The van der Waals surface area contributed by atoms with Gasteiger partial charge in [-0.05, 0) is 38.5 Å². The Labute approximate surface area is 115 Å². The largest absolute Gasteiger partial charge is 0.491 e. The molecule has 0 aliphatic carbocycles. The van der Waals surface area contributed by atoms with Gasteiger partial charge >= 0.3 is 0 Å². The van der Waals surface area contributed by atoms with Gasteiger partial charge in [0.05, 0.1) is 18.8 Å². The van der Waals surface area contributed by atoms with Gasteiger partial charge in [0.1, 0.15) is 5.75 Å². The fourth-order valence-electron chi connectivity index (χ4n) is 1.79. The van der Waals surface area contributed by atoms with E-state index in [2.05, 4.69) is 12.2 Å². The van der Waals surface area contributed by atoms with Gasteiger partial charge < -0.3 is 19.9 Å². The Morgan fingerprint density at radius 2 is 1.79 bits per heavy atom. The molecule has 1 rings (SSSR count). The third kappa shape index (κ3) is 6.05. The van der Waals surface area contributed by atoms with E-state index >= 15 is 0 Å². The van der Waals surface area contributed by atoms with Gasteiger partial charge in [-0.3, -0.25) is 0 Å². The molecule has 0 aliphatic rings. The van der Waals surface area contributed by atoms with Crippen LogP contribution in [0.1, 0.15) is 32.4 Å². The first-order valence-electron chi connectivity index (χ1n) is 6.70. The van der Waals surface area contributed by atoms with Gasteiger partial charge in [0, 0.05) is 19.7 Å². The van der Waals surface area contributed by atoms with Crippen molar-refractivity contribution in [1.29, 1.82) is 0 Å². The van der Waals surface area contributed by atoms with Gasteiger partial charge in [0.15, 0.2) is 0 Å². The summed E-state index contributed by atoms with van der Waals surface area (Å²) in [4.78, 5) is 0. The molecule has 0 heterocycles. The molecule has 4 heteroatoms. The molecule has 2 unspecified atom stereocenters. The SMILES string of the molecule is COCC(O)CNC(C)c1ccc(OC(C)C)cc1. The molecule has 2 N–H and O–H groups in total. The molecule has 4 nitrogen and oxygen atoms in total. The van der Waals surface area contributed by atoms with Crippen LogP contribution in [0.25, 0.3) is 0 Å². The Bertz CT molecular complexity index is 351. The van der Waals surface area contributed by atoms with Gasteiger partial charge in [-0.2, -0.15) is 0 Å². The second kappa shape index (κ2) is 8.15. The third-order valence-corrected chi connectivity index (χ3v) is 2.77. The fraction of sp³-hybridized carbons (Fsp3) is 0.600. The van der Waals surface area contributed by atoms with Gasteiger partial charge in [0.25, 0.3) is 0 Å². The average molecular weight is 267 g/mol. The topological polar surface area (TPSA) is 50.7 Å². The smallest absolute Gasteiger partial charge is 0.119 e. The third-order valence-electron chi connectivity index (χ3n) is 2.77. The number of ether oxygens (including phenoxy) is 2. The van der Waals surface area contributed by atoms with Crippen molar-refractivity contribution in [3.8, 4) is 5.75 Å². The van der Waals surface area contributed by atoms with E-state index in [0.29, 0.717) is 13.2 Å². The molecule has 1 aromatic carbocycles. The summed E-state index contributed by atoms with van der Waals surface area (Å²) in [5.74, 6) is 0.880. The van der Waals surface area contributed by atoms with Crippen LogP contribution >= 0.6 is 0 Å². The summed E-state index contributed by atoms with van der Waals surface area (Å²) in [6.45, 7) is 6.95. The average Bonchev–Trinajstić information content (AvgIpc) is 2.36. The molecule has 108 valence electrons. The van der Waals surface area contributed by atoms with E-state index in [1.54, 1.807) is 7.11 Å². The molecule has 0 radical (unpaired) electrons. The van der Waals surface area contributed by atoms with E-state index in [-0.39, 0.29) is 12.1 Å². The molecule has 0 saturated heterocycles. The highest BCUT2D eigenvalue weighted by Crippen LogP contribution is 2.18. The lowest BCUT2D eigenvalue weighted by molar-refractivity contribution is 0.0630. The van der Waals surface area contributed by atoms with Crippen LogP contribution in [0.2, 0.25) is 0 Å². The summed E-state index contributed by atoms with van der Waals surface area (Å²) in [6, 6.07) is 8.20.